The highest BCUT2D eigenvalue weighted by molar-refractivity contribution is 5.23. The van der Waals surface area contributed by atoms with E-state index in [1.54, 1.807) is 0 Å². The van der Waals surface area contributed by atoms with Gasteiger partial charge in [0.15, 0.2) is 0 Å². The molecular weight excluding hydrogens is 208 g/mol. The van der Waals surface area contributed by atoms with Crippen LogP contribution in [0.5, 0.6) is 0 Å². The third-order valence-corrected chi connectivity index (χ3v) is 4.28. The smallest absolute Gasteiger partial charge is 0.0236 e. The molecule has 0 spiro atoms. The van der Waals surface area contributed by atoms with Gasteiger partial charge in [0.05, 0.1) is 0 Å². The fraction of sp³-hybridized carbons (Fsp3) is 0.600. The van der Waals surface area contributed by atoms with Crippen molar-refractivity contribution in [3.63, 3.8) is 0 Å². The summed E-state index contributed by atoms with van der Waals surface area (Å²) in [5.74, 6) is 1.00. The van der Waals surface area contributed by atoms with Crippen LogP contribution in [0, 0.1) is 5.92 Å². The Balaban J connectivity index is 1.66. The van der Waals surface area contributed by atoms with Gasteiger partial charge in [-0.1, -0.05) is 24.3 Å². The van der Waals surface area contributed by atoms with Crippen LogP contribution in [0.1, 0.15) is 30.4 Å². The maximum absolute atomic E-state index is 3.22. The average Bonchev–Trinajstić information content (AvgIpc) is 2.92. The van der Waals surface area contributed by atoms with E-state index < -0.39 is 0 Å². The van der Waals surface area contributed by atoms with Crippen molar-refractivity contribution in [1.29, 1.82) is 0 Å². The summed E-state index contributed by atoms with van der Waals surface area (Å²) < 4.78 is 0. The lowest BCUT2D eigenvalue weighted by Crippen LogP contribution is -2.31. The molecule has 0 radical (unpaired) electrons. The molecule has 2 aliphatic rings. The molecule has 0 aromatic heterocycles. The van der Waals surface area contributed by atoms with Crippen LogP contribution in [0.2, 0.25) is 0 Å². The SMILES string of the molecule is CNCc1cccc(CN2CC3CCC2C3)c1. The van der Waals surface area contributed by atoms with E-state index in [-0.39, 0.29) is 0 Å². The van der Waals surface area contributed by atoms with E-state index >= 15 is 0 Å². The number of benzene rings is 1. The second-order valence-electron chi connectivity index (χ2n) is 5.61. The molecule has 3 rings (SSSR count). The Bertz CT molecular complexity index is 388. The summed E-state index contributed by atoms with van der Waals surface area (Å²) in [6.45, 7) is 3.46. The fourth-order valence-electron chi connectivity index (χ4n) is 3.50. The van der Waals surface area contributed by atoms with Gasteiger partial charge in [-0.05, 0) is 43.4 Å². The van der Waals surface area contributed by atoms with Gasteiger partial charge in [0.25, 0.3) is 0 Å². The predicted octanol–water partition coefficient (Wildman–Crippen LogP) is 2.39. The second kappa shape index (κ2) is 4.79. The van der Waals surface area contributed by atoms with Gasteiger partial charge in [0, 0.05) is 25.7 Å². The van der Waals surface area contributed by atoms with E-state index in [2.05, 4.69) is 34.5 Å². The van der Waals surface area contributed by atoms with Crippen LogP contribution in [0.25, 0.3) is 0 Å². The van der Waals surface area contributed by atoms with Crippen LogP contribution in [0.4, 0.5) is 0 Å². The van der Waals surface area contributed by atoms with Gasteiger partial charge in [-0.3, -0.25) is 4.90 Å². The molecule has 1 saturated carbocycles. The lowest BCUT2D eigenvalue weighted by molar-refractivity contribution is 0.205. The highest BCUT2D eigenvalue weighted by atomic mass is 15.2. The van der Waals surface area contributed by atoms with Crippen molar-refractivity contribution >= 4 is 0 Å². The quantitative estimate of drug-likeness (QED) is 0.854. The van der Waals surface area contributed by atoms with Crippen molar-refractivity contribution in [1.82, 2.24) is 10.2 Å². The number of likely N-dealkylation sites (tertiary alicyclic amines) is 1. The first kappa shape index (κ1) is 11.2. The van der Waals surface area contributed by atoms with Crippen molar-refractivity contribution in [3.8, 4) is 0 Å². The Kier molecular flexibility index (Phi) is 3.17. The zero-order valence-corrected chi connectivity index (χ0v) is 10.7. The topological polar surface area (TPSA) is 15.3 Å². The molecule has 1 aromatic carbocycles. The standard InChI is InChI=1S/C15H22N2/c1-16-9-12-3-2-4-13(7-12)10-17-11-14-5-6-15(17)8-14/h2-4,7,14-16H,5-6,8-11H2,1H3. The average molecular weight is 230 g/mol. The van der Waals surface area contributed by atoms with E-state index in [4.69, 9.17) is 0 Å². The van der Waals surface area contributed by atoms with E-state index in [1.807, 2.05) is 7.05 Å². The molecule has 1 saturated heterocycles. The first-order chi connectivity index (χ1) is 8.35. The Labute approximate surface area is 104 Å². The summed E-state index contributed by atoms with van der Waals surface area (Å²) in [6.07, 6.45) is 4.36. The molecule has 2 nitrogen and oxygen atoms in total. The molecule has 2 fully saturated rings. The number of hydrogen-bond acceptors (Lipinski definition) is 2. The van der Waals surface area contributed by atoms with Crippen molar-refractivity contribution in [3.05, 3.63) is 35.4 Å². The van der Waals surface area contributed by atoms with E-state index in [0.717, 1.165) is 25.0 Å². The number of nitrogens with one attached hydrogen (secondary N) is 1. The monoisotopic (exact) mass is 230 g/mol. The minimum absolute atomic E-state index is 0.882. The molecule has 1 aliphatic heterocycles. The molecule has 1 aromatic rings. The largest absolute Gasteiger partial charge is 0.316 e. The van der Waals surface area contributed by atoms with Crippen LogP contribution in [0.3, 0.4) is 0 Å². The minimum Gasteiger partial charge on any atom is -0.316 e. The first-order valence-electron chi connectivity index (χ1n) is 6.81. The third-order valence-electron chi connectivity index (χ3n) is 4.28. The normalized spacial score (nSPS) is 27.8. The van der Waals surface area contributed by atoms with Crippen LogP contribution >= 0.6 is 0 Å². The molecule has 17 heavy (non-hydrogen) atoms. The Morgan fingerprint density at radius 2 is 2.18 bits per heavy atom. The molecule has 1 N–H and O–H groups in total. The van der Waals surface area contributed by atoms with Crippen molar-refractivity contribution in [2.24, 2.45) is 5.92 Å². The summed E-state index contributed by atoms with van der Waals surface area (Å²) in [6, 6.07) is 9.90. The van der Waals surface area contributed by atoms with Crippen molar-refractivity contribution in [2.45, 2.75) is 38.4 Å². The maximum Gasteiger partial charge on any atom is 0.0236 e. The van der Waals surface area contributed by atoms with Crippen LogP contribution in [0.15, 0.2) is 24.3 Å². The highest BCUT2D eigenvalue weighted by Crippen LogP contribution is 2.38. The lowest BCUT2D eigenvalue weighted by Gasteiger charge is -2.26. The zero-order valence-electron chi connectivity index (χ0n) is 10.7. The molecule has 2 atom stereocenters. The molecule has 2 heteroatoms. The molecule has 1 aliphatic carbocycles. The Hall–Kier alpha value is -0.860. The van der Waals surface area contributed by atoms with Gasteiger partial charge >= 0.3 is 0 Å². The number of hydrogen-bond donors (Lipinski definition) is 1. The number of rotatable bonds is 4. The summed E-state index contributed by atoms with van der Waals surface area (Å²) in [5.41, 5.74) is 2.87. The van der Waals surface area contributed by atoms with Crippen LogP contribution in [-0.4, -0.2) is 24.5 Å². The first-order valence-corrected chi connectivity index (χ1v) is 6.81. The minimum atomic E-state index is 0.882. The van der Waals surface area contributed by atoms with Gasteiger partial charge in [-0.2, -0.15) is 0 Å². The molecule has 2 unspecified atom stereocenters. The van der Waals surface area contributed by atoms with E-state index in [1.165, 1.54) is 36.9 Å². The number of piperidine rings is 1. The Morgan fingerprint density at radius 1 is 1.29 bits per heavy atom. The fourth-order valence-corrected chi connectivity index (χ4v) is 3.50. The predicted molar refractivity (Wildman–Crippen MR) is 70.7 cm³/mol. The molecule has 2 bridgehead atoms. The third kappa shape index (κ3) is 2.38. The van der Waals surface area contributed by atoms with E-state index in [9.17, 15) is 0 Å². The Morgan fingerprint density at radius 3 is 2.88 bits per heavy atom. The molecule has 1 heterocycles. The molecular formula is C15H22N2. The maximum atomic E-state index is 3.22. The second-order valence-corrected chi connectivity index (χ2v) is 5.61. The van der Waals surface area contributed by atoms with Gasteiger partial charge in [-0.25, -0.2) is 0 Å². The number of nitrogens with zero attached hydrogens (tertiary/aromatic N) is 1. The lowest BCUT2D eigenvalue weighted by atomic mass is 10.1. The summed E-state index contributed by atoms with van der Waals surface area (Å²) in [4.78, 5) is 2.69. The zero-order chi connectivity index (χ0) is 11.7. The molecule has 92 valence electrons. The van der Waals surface area contributed by atoms with Gasteiger partial charge < -0.3 is 5.32 Å². The van der Waals surface area contributed by atoms with Crippen LogP contribution in [-0.2, 0) is 13.1 Å². The van der Waals surface area contributed by atoms with Crippen LogP contribution < -0.4 is 5.32 Å². The summed E-state index contributed by atoms with van der Waals surface area (Å²) in [5, 5.41) is 3.22. The van der Waals surface area contributed by atoms with E-state index in [0.29, 0.717) is 0 Å². The van der Waals surface area contributed by atoms with Gasteiger partial charge in [0.2, 0.25) is 0 Å². The van der Waals surface area contributed by atoms with Gasteiger partial charge in [-0.15, -0.1) is 0 Å². The summed E-state index contributed by atoms with van der Waals surface area (Å²) in [7, 11) is 2.01. The van der Waals surface area contributed by atoms with Crippen molar-refractivity contribution in [2.75, 3.05) is 13.6 Å². The van der Waals surface area contributed by atoms with Gasteiger partial charge in [0.1, 0.15) is 0 Å². The highest BCUT2D eigenvalue weighted by Gasteiger charge is 2.37. The van der Waals surface area contributed by atoms with Crippen molar-refractivity contribution < 1.29 is 0 Å². The summed E-state index contributed by atoms with van der Waals surface area (Å²) >= 11 is 0. The number of fused-ring (bicyclic) bond motifs is 2. The molecule has 0 amide bonds.